The summed E-state index contributed by atoms with van der Waals surface area (Å²) in [4.78, 5) is 30.6. The second kappa shape index (κ2) is 8.03. The summed E-state index contributed by atoms with van der Waals surface area (Å²) in [5, 5.41) is 0. The topological polar surface area (TPSA) is 62.2 Å². The number of amides is 1. The third kappa shape index (κ3) is 3.94. The molecule has 0 aromatic carbocycles. The lowest BCUT2D eigenvalue weighted by Crippen LogP contribution is -2.42. The molecule has 2 aromatic rings. The van der Waals surface area contributed by atoms with Crippen molar-refractivity contribution >= 4 is 11.7 Å². The highest BCUT2D eigenvalue weighted by Crippen LogP contribution is 2.27. The van der Waals surface area contributed by atoms with E-state index in [-0.39, 0.29) is 5.92 Å². The van der Waals surface area contributed by atoms with Crippen LogP contribution in [0.3, 0.4) is 0 Å². The molecule has 6 nitrogen and oxygen atoms in total. The molecule has 4 rings (SSSR count). The molecule has 0 unspecified atom stereocenters. The standard InChI is InChI=1S/C21H27N5O/c1-2-18-15-19(24-20(23-18)16-5-9-22-10-6-16)25-13-7-17(8-14-25)21(27)26-11-3-4-12-26/h5-6,9-10,15,17H,2-4,7-8,11-14H2,1H3. The minimum Gasteiger partial charge on any atom is -0.356 e. The van der Waals surface area contributed by atoms with E-state index in [0.29, 0.717) is 5.91 Å². The van der Waals surface area contributed by atoms with Crippen molar-refractivity contribution in [2.45, 2.75) is 39.0 Å². The van der Waals surface area contributed by atoms with Gasteiger partial charge in [-0.25, -0.2) is 9.97 Å². The number of pyridine rings is 1. The number of carbonyl (C=O) groups excluding carboxylic acids is 1. The van der Waals surface area contributed by atoms with E-state index in [4.69, 9.17) is 4.98 Å². The number of carbonyl (C=O) groups is 1. The molecule has 2 aliphatic heterocycles. The van der Waals surface area contributed by atoms with E-state index in [1.807, 2.05) is 12.1 Å². The minimum absolute atomic E-state index is 0.173. The summed E-state index contributed by atoms with van der Waals surface area (Å²) in [6, 6.07) is 5.98. The van der Waals surface area contributed by atoms with Crippen LogP contribution in [0.25, 0.3) is 11.4 Å². The predicted molar refractivity (Wildman–Crippen MR) is 105 cm³/mol. The molecule has 0 saturated carbocycles. The van der Waals surface area contributed by atoms with Crippen LogP contribution in [0.2, 0.25) is 0 Å². The summed E-state index contributed by atoms with van der Waals surface area (Å²) in [6.45, 7) is 5.75. The first-order chi connectivity index (χ1) is 13.2. The Kier molecular flexibility index (Phi) is 5.32. The van der Waals surface area contributed by atoms with E-state index in [9.17, 15) is 4.79 Å². The lowest BCUT2D eigenvalue weighted by molar-refractivity contribution is -0.135. The fourth-order valence-corrected chi connectivity index (χ4v) is 4.01. The van der Waals surface area contributed by atoms with Crippen molar-refractivity contribution in [3.63, 3.8) is 0 Å². The molecule has 0 spiro atoms. The Hall–Kier alpha value is -2.50. The Morgan fingerprint density at radius 1 is 1.07 bits per heavy atom. The molecule has 142 valence electrons. The molecule has 6 heteroatoms. The molecule has 0 atom stereocenters. The molecule has 2 saturated heterocycles. The van der Waals surface area contributed by atoms with Gasteiger partial charge < -0.3 is 9.80 Å². The van der Waals surface area contributed by atoms with Crippen LogP contribution in [-0.4, -0.2) is 51.9 Å². The first-order valence-corrected chi connectivity index (χ1v) is 10.1. The second-order valence-corrected chi connectivity index (χ2v) is 7.42. The highest BCUT2D eigenvalue weighted by Gasteiger charge is 2.30. The van der Waals surface area contributed by atoms with Gasteiger partial charge in [0.15, 0.2) is 5.82 Å². The average Bonchev–Trinajstić information content (AvgIpc) is 3.28. The third-order valence-electron chi connectivity index (χ3n) is 5.65. The van der Waals surface area contributed by atoms with Crippen LogP contribution < -0.4 is 4.90 Å². The zero-order chi connectivity index (χ0) is 18.6. The predicted octanol–water partition coefficient (Wildman–Crippen LogP) is 2.94. The van der Waals surface area contributed by atoms with Crippen molar-refractivity contribution < 1.29 is 4.79 Å². The number of aromatic nitrogens is 3. The molecule has 0 bridgehead atoms. The van der Waals surface area contributed by atoms with Gasteiger partial charge in [0, 0.05) is 61.8 Å². The third-order valence-corrected chi connectivity index (χ3v) is 5.65. The summed E-state index contributed by atoms with van der Waals surface area (Å²) < 4.78 is 0. The highest BCUT2D eigenvalue weighted by molar-refractivity contribution is 5.79. The fraction of sp³-hybridized carbons (Fsp3) is 0.524. The number of anilines is 1. The van der Waals surface area contributed by atoms with Crippen LogP contribution in [0.4, 0.5) is 5.82 Å². The molecule has 2 aliphatic rings. The monoisotopic (exact) mass is 365 g/mol. The molecule has 0 aliphatic carbocycles. The molecule has 4 heterocycles. The van der Waals surface area contributed by atoms with E-state index in [1.54, 1.807) is 12.4 Å². The van der Waals surface area contributed by atoms with E-state index in [2.05, 4.69) is 32.8 Å². The zero-order valence-electron chi connectivity index (χ0n) is 16.0. The van der Waals surface area contributed by atoms with Crippen molar-refractivity contribution in [1.82, 2.24) is 19.9 Å². The first-order valence-electron chi connectivity index (χ1n) is 10.1. The zero-order valence-corrected chi connectivity index (χ0v) is 16.0. The Morgan fingerprint density at radius 2 is 1.78 bits per heavy atom. The van der Waals surface area contributed by atoms with Crippen molar-refractivity contribution in [3.8, 4) is 11.4 Å². The molecule has 2 aromatic heterocycles. The molecular formula is C21H27N5O. The van der Waals surface area contributed by atoms with E-state index < -0.39 is 0 Å². The fourth-order valence-electron chi connectivity index (χ4n) is 4.01. The van der Waals surface area contributed by atoms with Gasteiger partial charge in [0.25, 0.3) is 0 Å². The van der Waals surface area contributed by atoms with Gasteiger partial charge in [0.1, 0.15) is 5.82 Å². The van der Waals surface area contributed by atoms with Crippen molar-refractivity contribution in [1.29, 1.82) is 0 Å². The lowest BCUT2D eigenvalue weighted by atomic mass is 9.95. The SMILES string of the molecule is CCc1cc(N2CCC(C(=O)N3CCCC3)CC2)nc(-c2ccncc2)n1. The van der Waals surface area contributed by atoms with Gasteiger partial charge in [0.05, 0.1) is 0 Å². The van der Waals surface area contributed by atoms with E-state index in [0.717, 1.165) is 81.2 Å². The van der Waals surface area contributed by atoms with Crippen molar-refractivity contribution in [2.75, 3.05) is 31.1 Å². The number of likely N-dealkylation sites (tertiary alicyclic amines) is 1. The Morgan fingerprint density at radius 3 is 2.44 bits per heavy atom. The maximum Gasteiger partial charge on any atom is 0.225 e. The molecule has 1 amide bonds. The Bertz CT molecular complexity index is 780. The molecule has 27 heavy (non-hydrogen) atoms. The quantitative estimate of drug-likeness (QED) is 0.834. The van der Waals surface area contributed by atoms with Crippen LogP contribution in [-0.2, 0) is 11.2 Å². The second-order valence-electron chi connectivity index (χ2n) is 7.42. The number of hydrogen-bond donors (Lipinski definition) is 0. The first kappa shape index (κ1) is 17.9. The summed E-state index contributed by atoms with van der Waals surface area (Å²) in [7, 11) is 0. The van der Waals surface area contributed by atoms with Gasteiger partial charge in [-0.1, -0.05) is 6.92 Å². The molecule has 0 radical (unpaired) electrons. The lowest BCUT2D eigenvalue weighted by Gasteiger charge is -2.34. The highest BCUT2D eigenvalue weighted by atomic mass is 16.2. The van der Waals surface area contributed by atoms with Gasteiger partial charge in [-0.2, -0.15) is 0 Å². The summed E-state index contributed by atoms with van der Waals surface area (Å²) in [6.07, 6.45) is 8.54. The van der Waals surface area contributed by atoms with E-state index in [1.165, 1.54) is 0 Å². The maximum atomic E-state index is 12.7. The van der Waals surface area contributed by atoms with E-state index >= 15 is 0 Å². The van der Waals surface area contributed by atoms with Crippen molar-refractivity contribution in [3.05, 3.63) is 36.3 Å². The maximum absolute atomic E-state index is 12.7. The number of nitrogens with zero attached hydrogens (tertiary/aromatic N) is 5. The number of piperidine rings is 1. The minimum atomic E-state index is 0.173. The van der Waals surface area contributed by atoms with Crippen LogP contribution in [0.5, 0.6) is 0 Å². The number of aryl methyl sites for hydroxylation is 1. The largest absolute Gasteiger partial charge is 0.356 e. The van der Waals surface area contributed by atoms with Crippen LogP contribution in [0.15, 0.2) is 30.6 Å². The average molecular weight is 365 g/mol. The Balaban J connectivity index is 1.48. The summed E-state index contributed by atoms with van der Waals surface area (Å²) in [5.74, 6) is 2.26. The smallest absolute Gasteiger partial charge is 0.225 e. The summed E-state index contributed by atoms with van der Waals surface area (Å²) in [5.41, 5.74) is 2.03. The van der Waals surface area contributed by atoms with Gasteiger partial charge in [-0.15, -0.1) is 0 Å². The van der Waals surface area contributed by atoms with Gasteiger partial charge >= 0.3 is 0 Å². The van der Waals surface area contributed by atoms with Crippen LogP contribution in [0.1, 0.15) is 38.3 Å². The molecular weight excluding hydrogens is 338 g/mol. The normalized spacial score (nSPS) is 18.1. The van der Waals surface area contributed by atoms with Crippen LogP contribution in [0, 0.1) is 5.92 Å². The molecule has 0 N–H and O–H groups in total. The molecule has 2 fully saturated rings. The summed E-state index contributed by atoms with van der Waals surface area (Å²) >= 11 is 0. The number of hydrogen-bond acceptors (Lipinski definition) is 5. The van der Waals surface area contributed by atoms with Gasteiger partial charge in [-0.3, -0.25) is 9.78 Å². The van der Waals surface area contributed by atoms with Gasteiger partial charge in [0.2, 0.25) is 5.91 Å². The Labute approximate surface area is 160 Å². The van der Waals surface area contributed by atoms with Crippen molar-refractivity contribution in [2.24, 2.45) is 5.92 Å². The number of rotatable bonds is 4. The van der Waals surface area contributed by atoms with Crippen LogP contribution >= 0.6 is 0 Å². The van der Waals surface area contributed by atoms with Gasteiger partial charge in [-0.05, 0) is 44.2 Å².